The van der Waals surface area contributed by atoms with Crippen LogP contribution in [-0.4, -0.2) is 51.8 Å². The van der Waals surface area contributed by atoms with Crippen molar-refractivity contribution in [1.29, 1.82) is 0 Å². The Morgan fingerprint density at radius 3 is 2.15 bits per heavy atom. The molecule has 214 valence electrons. The molecule has 1 N–H and O–H groups in total. The fourth-order valence-corrected chi connectivity index (χ4v) is 4.29. The number of carbonyl (C=O) groups excluding carboxylic acids is 2. The van der Waals surface area contributed by atoms with E-state index < -0.39 is 29.2 Å². The van der Waals surface area contributed by atoms with E-state index in [0.29, 0.717) is 22.6 Å². The molecule has 0 saturated heterocycles. The Morgan fingerprint density at radius 1 is 0.976 bits per heavy atom. The minimum Gasteiger partial charge on any atom is -0.494 e. The van der Waals surface area contributed by atoms with E-state index in [1.807, 2.05) is 52.0 Å². The number of methoxy groups -OCH3 is 2. The third-order valence-electron chi connectivity index (χ3n) is 6.14. The quantitative estimate of drug-likeness (QED) is 0.321. The van der Waals surface area contributed by atoms with Gasteiger partial charge in [-0.1, -0.05) is 35.9 Å². The largest absolute Gasteiger partial charge is 0.494 e. The molecule has 41 heavy (non-hydrogen) atoms. The predicted octanol–water partition coefficient (Wildman–Crippen LogP) is 4.49. The van der Waals surface area contributed by atoms with Crippen molar-refractivity contribution >= 4 is 17.5 Å². The van der Waals surface area contributed by atoms with Crippen molar-refractivity contribution in [2.24, 2.45) is 0 Å². The lowest BCUT2D eigenvalue weighted by molar-refractivity contribution is -0.128. The van der Waals surface area contributed by atoms with E-state index >= 15 is 0 Å². The molecule has 0 radical (unpaired) electrons. The zero-order valence-corrected chi connectivity index (χ0v) is 23.9. The third kappa shape index (κ3) is 6.86. The van der Waals surface area contributed by atoms with Crippen molar-refractivity contribution < 1.29 is 23.5 Å². The number of aryl methyl sites for hydroxylation is 1. The highest BCUT2D eigenvalue weighted by molar-refractivity contribution is 6.03. The highest BCUT2D eigenvalue weighted by atomic mass is 19.1. The lowest BCUT2D eigenvalue weighted by atomic mass is 9.99. The third-order valence-corrected chi connectivity index (χ3v) is 6.14. The number of amides is 2. The van der Waals surface area contributed by atoms with E-state index in [1.165, 1.54) is 43.4 Å². The van der Waals surface area contributed by atoms with Gasteiger partial charge in [-0.3, -0.25) is 14.5 Å². The molecule has 0 saturated carbocycles. The molecule has 0 aliphatic heterocycles. The number of hydrogen-bond donors (Lipinski definition) is 1. The second-order valence-electron chi connectivity index (χ2n) is 10.5. The Morgan fingerprint density at radius 2 is 1.59 bits per heavy atom. The molecule has 1 aromatic heterocycles. The first-order valence-corrected chi connectivity index (χ1v) is 13.0. The van der Waals surface area contributed by atoms with Crippen molar-refractivity contribution in [2.75, 3.05) is 19.1 Å². The molecule has 0 spiro atoms. The van der Waals surface area contributed by atoms with Gasteiger partial charge in [-0.05, 0) is 74.9 Å². The van der Waals surface area contributed by atoms with Gasteiger partial charge < -0.3 is 14.8 Å². The summed E-state index contributed by atoms with van der Waals surface area (Å²) in [5, 5.41) is 15.4. The smallest absolute Gasteiger partial charge is 0.251 e. The summed E-state index contributed by atoms with van der Waals surface area (Å²) in [6.07, 6.45) is 0. The van der Waals surface area contributed by atoms with E-state index in [9.17, 15) is 14.0 Å². The number of rotatable bonds is 9. The second-order valence-corrected chi connectivity index (χ2v) is 10.5. The summed E-state index contributed by atoms with van der Waals surface area (Å²) in [7, 11) is 2.95. The minimum atomic E-state index is -1.10. The molecular weight excluding hydrogens is 527 g/mol. The van der Waals surface area contributed by atoms with Crippen LogP contribution in [0.25, 0.3) is 11.4 Å². The van der Waals surface area contributed by atoms with Gasteiger partial charge in [0.1, 0.15) is 35.6 Å². The van der Waals surface area contributed by atoms with Gasteiger partial charge in [0.25, 0.3) is 5.91 Å². The summed E-state index contributed by atoms with van der Waals surface area (Å²) in [4.78, 5) is 30.7. The number of carbonyl (C=O) groups is 2. The minimum absolute atomic E-state index is 0.222. The zero-order valence-electron chi connectivity index (χ0n) is 23.9. The fraction of sp³-hybridized carbons (Fsp3) is 0.300. The van der Waals surface area contributed by atoms with E-state index in [0.717, 1.165) is 10.4 Å². The highest BCUT2D eigenvalue weighted by Gasteiger charge is 2.38. The molecule has 4 aromatic rings. The van der Waals surface area contributed by atoms with E-state index in [4.69, 9.17) is 9.47 Å². The number of ether oxygens (including phenoxy) is 2. The van der Waals surface area contributed by atoms with Crippen LogP contribution in [0.4, 0.5) is 10.1 Å². The van der Waals surface area contributed by atoms with Gasteiger partial charge in [-0.15, -0.1) is 10.2 Å². The Bertz CT molecular complexity index is 1490. The maximum Gasteiger partial charge on any atom is 0.251 e. The molecule has 0 aliphatic carbocycles. The Labute approximate surface area is 238 Å². The van der Waals surface area contributed by atoms with Crippen molar-refractivity contribution in [3.8, 4) is 22.9 Å². The first kappa shape index (κ1) is 29.2. The van der Waals surface area contributed by atoms with Gasteiger partial charge in [0, 0.05) is 11.1 Å². The average molecular weight is 561 g/mol. The van der Waals surface area contributed by atoms with Crippen LogP contribution in [0.3, 0.4) is 0 Å². The van der Waals surface area contributed by atoms with Crippen LogP contribution in [-0.2, 0) is 16.1 Å². The molecule has 1 heterocycles. The summed E-state index contributed by atoms with van der Waals surface area (Å²) in [5.41, 5.74) is 1.80. The number of para-hydroxylation sites is 1. The van der Waals surface area contributed by atoms with E-state index in [-0.39, 0.29) is 18.1 Å². The van der Waals surface area contributed by atoms with Gasteiger partial charge in [0.2, 0.25) is 11.7 Å². The van der Waals surface area contributed by atoms with Crippen LogP contribution in [0.1, 0.15) is 37.9 Å². The van der Waals surface area contributed by atoms with Gasteiger partial charge in [0.15, 0.2) is 0 Å². The summed E-state index contributed by atoms with van der Waals surface area (Å²) in [6.45, 7) is 7.17. The van der Waals surface area contributed by atoms with Crippen LogP contribution in [0.15, 0.2) is 66.7 Å². The number of benzene rings is 3. The van der Waals surface area contributed by atoms with Crippen molar-refractivity contribution in [3.63, 3.8) is 0 Å². The molecule has 10 nitrogen and oxygen atoms in total. The molecule has 0 aliphatic rings. The van der Waals surface area contributed by atoms with Gasteiger partial charge in [-0.25, -0.2) is 4.39 Å². The molecule has 11 heteroatoms. The Balaban J connectivity index is 1.84. The average Bonchev–Trinajstić information content (AvgIpc) is 3.39. The van der Waals surface area contributed by atoms with Crippen molar-refractivity contribution in [3.05, 3.63) is 83.7 Å². The molecule has 4 rings (SSSR count). The Kier molecular flexibility index (Phi) is 8.65. The normalized spacial score (nSPS) is 12.0. The topological polar surface area (TPSA) is 111 Å². The predicted molar refractivity (Wildman–Crippen MR) is 152 cm³/mol. The van der Waals surface area contributed by atoms with Crippen LogP contribution in [0.2, 0.25) is 0 Å². The lowest BCUT2D eigenvalue weighted by Gasteiger charge is -2.35. The molecule has 2 amide bonds. The maximum atomic E-state index is 14.2. The lowest BCUT2D eigenvalue weighted by Crippen LogP contribution is -2.50. The molecule has 1 atom stereocenters. The van der Waals surface area contributed by atoms with Crippen molar-refractivity contribution in [1.82, 2.24) is 25.5 Å². The van der Waals surface area contributed by atoms with E-state index in [2.05, 4.69) is 20.7 Å². The zero-order chi connectivity index (χ0) is 29.7. The van der Waals surface area contributed by atoms with Crippen LogP contribution >= 0.6 is 0 Å². The van der Waals surface area contributed by atoms with Crippen LogP contribution in [0.5, 0.6) is 11.5 Å². The number of nitrogens with one attached hydrogen (secondary N) is 1. The highest BCUT2D eigenvalue weighted by Crippen LogP contribution is 2.42. The van der Waals surface area contributed by atoms with E-state index in [1.54, 1.807) is 18.2 Å². The SMILES string of the molecule is COc1cccc(OC)c1N(C(=O)Cn1nnc(-c2ccc(F)cc2)n1)C(C(=O)NC(C)(C)C)c1ccc(C)cc1. The molecular formula is C30H33FN6O4. The van der Waals surface area contributed by atoms with Crippen LogP contribution in [0, 0.1) is 12.7 Å². The molecule has 3 aromatic carbocycles. The first-order chi connectivity index (χ1) is 19.5. The second kappa shape index (κ2) is 12.2. The van der Waals surface area contributed by atoms with Gasteiger partial charge in [-0.2, -0.15) is 4.80 Å². The van der Waals surface area contributed by atoms with Gasteiger partial charge >= 0.3 is 0 Å². The molecule has 1 unspecified atom stereocenters. The van der Waals surface area contributed by atoms with Crippen LogP contribution < -0.4 is 19.7 Å². The summed E-state index contributed by atoms with van der Waals surface area (Å²) >= 11 is 0. The number of anilines is 1. The number of aromatic nitrogens is 4. The summed E-state index contributed by atoms with van der Waals surface area (Å²) in [5.74, 6) is -0.436. The number of halogens is 1. The molecule has 0 fully saturated rings. The van der Waals surface area contributed by atoms with Gasteiger partial charge in [0.05, 0.1) is 14.2 Å². The summed E-state index contributed by atoms with van der Waals surface area (Å²) in [6, 6.07) is 17.0. The maximum absolute atomic E-state index is 14.2. The number of hydrogen-bond acceptors (Lipinski definition) is 7. The first-order valence-electron chi connectivity index (χ1n) is 13.0. The Hall–Kier alpha value is -4.80. The fourth-order valence-electron chi connectivity index (χ4n) is 4.29. The monoisotopic (exact) mass is 560 g/mol. The summed E-state index contributed by atoms with van der Waals surface area (Å²) < 4.78 is 24.7. The number of tetrazole rings is 1. The number of nitrogens with zero attached hydrogens (tertiary/aromatic N) is 5. The standard InChI is InChI=1S/C30H33FN6O4/c1-19-10-12-20(13-11-19)26(29(39)32-30(2,3)4)37(27-23(40-5)8-7-9-24(27)41-6)25(38)18-36-34-28(33-35-36)21-14-16-22(31)17-15-21/h7-17,26H,18H2,1-6H3,(H,32,39). The molecule has 0 bridgehead atoms. The van der Waals surface area contributed by atoms with Crippen molar-refractivity contribution in [2.45, 2.75) is 45.8 Å².